The summed E-state index contributed by atoms with van der Waals surface area (Å²) in [6, 6.07) is 7.43. The molecule has 1 aliphatic rings. The fourth-order valence-corrected chi connectivity index (χ4v) is 2.03. The third-order valence-corrected chi connectivity index (χ3v) is 3.07. The molecule has 0 saturated carbocycles. The third kappa shape index (κ3) is 2.14. The number of hydrogen-bond donors (Lipinski definition) is 0. The second-order valence-electron chi connectivity index (χ2n) is 4.58. The number of aryl methyl sites for hydroxylation is 1. The van der Waals surface area contributed by atoms with Crippen molar-refractivity contribution in [1.82, 2.24) is 9.97 Å². The molecule has 2 aromatic rings. The predicted octanol–water partition coefficient (Wildman–Crippen LogP) is 2.33. The molecule has 1 aromatic carbocycles. The molecule has 1 aromatic heterocycles. The molecule has 0 spiro atoms. The van der Waals surface area contributed by atoms with E-state index in [-0.39, 0.29) is 35.1 Å². The summed E-state index contributed by atoms with van der Waals surface area (Å²) < 4.78 is 0. The van der Waals surface area contributed by atoms with Gasteiger partial charge in [0, 0.05) is 12.4 Å². The Balaban J connectivity index is 2.03. The van der Waals surface area contributed by atoms with Gasteiger partial charge in [0.25, 0.3) is 0 Å². The van der Waals surface area contributed by atoms with E-state index < -0.39 is 0 Å². The molecule has 0 N–H and O–H groups in total. The van der Waals surface area contributed by atoms with Crippen LogP contribution in [0.4, 0.5) is 5.69 Å². The zero-order valence-corrected chi connectivity index (χ0v) is 10.8. The predicted molar refractivity (Wildman–Crippen MR) is 73.6 cm³/mol. The number of hydrogen-bond acceptors (Lipinski definition) is 5. The lowest BCUT2D eigenvalue weighted by molar-refractivity contribution is 0.0957. The van der Waals surface area contributed by atoms with Crippen LogP contribution in [0.2, 0.25) is 0 Å². The van der Waals surface area contributed by atoms with Crippen LogP contribution < -0.4 is 0 Å². The van der Waals surface area contributed by atoms with E-state index >= 15 is 0 Å². The van der Waals surface area contributed by atoms with E-state index in [1.165, 1.54) is 12.4 Å². The summed E-state index contributed by atoms with van der Waals surface area (Å²) in [4.78, 5) is 36.3. The van der Waals surface area contributed by atoms with E-state index in [0.29, 0.717) is 5.69 Å². The number of fused-ring (bicyclic) bond motifs is 1. The molecule has 0 aliphatic heterocycles. The summed E-state index contributed by atoms with van der Waals surface area (Å²) in [6.45, 7) is 1.97. The Labute approximate surface area is 115 Å². The maximum absolute atomic E-state index is 12.2. The maximum Gasteiger partial charge on any atom is 0.228 e. The lowest BCUT2D eigenvalue weighted by atomic mass is 9.95. The van der Waals surface area contributed by atoms with Crippen LogP contribution in [0.1, 0.15) is 33.0 Å². The van der Waals surface area contributed by atoms with Crippen molar-refractivity contribution in [2.24, 2.45) is 4.99 Å². The number of carbonyl (C=O) groups is 2. The minimum absolute atomic E-state index is 0.0294. The van der Waals surface area contributed by atoms with E-state index in [2.05, 4.69) is 15.0 Å². The number of Topliss-reactive ketones (excluding diaryl/α,β-unsaturated/α-hetero) is 2. The summed E-state index contributed by atoms with van der Waals surface area (Å²) in [5.41, 5.74) is 2.21. The van der Waals surface area contributed by atoms with Crippen LogP contribution in [0, 0.1) is 6.92 Å². The Morgan fingerprint density at radius 1 is 1.00 bits per heavy atom. The number of aliphatic imine (C=N–C) groups is 1. The van der Waals surface area contributed by atoms with Crippen molar-refractivity contribution >= 4 is 23.0 Å². The molecule has 5 heteroatoms. The van der Waals surface area contributed by atoms with Crippen molar-refractivity contribution in [1.29, 1.82) is 0 Å². The standard InChI is InChI=1S/C15H11N3O2/c1-9-2-4-10(5-3-9)18-11-8-12(19)13-14(15(11)20)17-7-6-16-13/h2-7H,8H2,1H3. The first-order valence-electron chi connectivity index (χ1n) is 6.18. The van der Waals surface area contributed by atoms with Crippen molar-refractivity contribution in [2.75, 3.05) is 0 Å². The van der Waals surface area contributed by atoms with Crippen molar-refractivity contribution in [2.45, 2.75) is 13.3 Å². The van der Waals surface area contributed by atoms with Crippen LogP contribution in [-0.2, 0) is 0 Å². The summed E-state index contributed by atoms with van der Waals surface area (Å²) >= 11 is 0. The molecule has 0 amide bonds. The zero-order valence-electron chi connectivity index (χ0n) is 10.8. The van der Waals surface area contributed by atoms with Crippen molar-refractivity contribution in [3.63, 3.8) is 0 Å². The molecule has 20 heavy (non-hydrogen) atoms. The molecule has 0 unspecified atom stereocenters. The number of nitrogens with zero attached hydrogens (tertiary/aromatic N) is 3. The van der Waals surface area contributed by atoms with Crippen LogP contribution in [0.3, 0.4) is 0 Å². The number of carbonyl (C=O) groups excluding carboxylic acids is 2. The van der Waals surface area contributed by atoms with Gasteiger partial charge < -0.3 is 0 Å². The van der Waals surface area contributed by atoms with Gasteiger partial charge >= 0.3 is 0 Å². The van der Waals surface area contributed by atoms with Crippen molar-refractivity contribution in [3.05, 3.63) is 53.6 Å². The topological polar surface area (TPSA) is 72.3 Å². The SMILES string of the molecule is Cc1ccc(N=C2CC(=O)c3nccnc3C2=O)cc1. The molecule has 0 fully saturated rings. The Hall–Kier alpha value is -2.69. The minimum atomic E-state index is -0.326. The monoisotopic (exact) mass is 265 g/mol. The smallest absolute Gasteiger partial charge is 0.228 e. The fourth-order valence-electron chi connectivity index (χ4n) is 2.03. The molecule has 3 rings (SSSR count). The normalized spacial score (nSPS) is 16.4. The molecule has 0 bridgehead atoms. The lowest BCUT2D eigenvalue weighted by Crippen LogP contribution is -2.29. The number of rotatable bonds is 1. The molecule has 0 atom stereocenters. The molecule has 0 saturated heterocycles. The fraction of sp³-hybridized carbons (Fsp3) is 0.133. The summed E-state index contributed by atoms with van der Waals surface area (Å²) in [7, 11) is 0. The van der Waals surface area contributed by atoms with Crippen molar-refractivity contribution < 1.29 is 9.59 Å². The highest BCUT2D eigenvalue weighted by Gasteiger charge is 2.31. The number of benzene rings is 1. The van der Waals surface area contributed by atoms with Gasteiger partial charge in [0.1, 0.15) is 11.4 Å². The highest BCUT2D eigenvalue weighted by molar-refractivity contribution is 6.52. The van der Waals surface area contributed by atoms with E-state index in [1.807, 2.05) is 31.2 Å². The largest absolute Gasteiger partial charge is 0.292 e. The second kappa shape index (κ2) is 4.77. The zero-order chi connectivity index (χ0) is 14.1. The molecule has 1 aliphatic carbocycles. The van der Waals surface area contributed by atoms with Gasteiger partial charge in [-0.25, -0.2) is 15.0 Å². The maximum atomic E-state index is 12.2. The second-order valence-corrected chi connectivity index (χ2v) is 4.58. The van der Waals surface area contributed by atoms with Gasteiger partial charge in [0.05, 0.1) is 17.8 Å². The first-order chi connectivity index (χ1) is 9.65. The van der Waals surface area contributed by atoms with Crippen LogP contribution >= 0.6 is 0 Å². The molecule has 1 heterocycles. The van der Waals surface area contributed by atoms with Gasteiger partial charge in [-0.1, -0.05) is 17.7 Å². The van der Waals surface area contributed by atoms with Crippen molar-refractivity contribution in [3.8, 4) is 0 Å². The Morgan fingerprint density at radius 3 is 2.35 bits per heavy atom. The highest BCUT2D eigenvalue weighted by Crippen LogP contribution is 2.20. The van der Waals surface area contributed by atoms with Crippen LogP contribution in [0.15, 0.2) is 41.7 Å². The molecule has 98 valence electrons. The Kier molecular flexibility index (Phi) is 2.95. The summed E-state index contributed by atoms with van der Waals surface area (Å²) in [5, 5.41) is 0. The molecule has 0 radical (unpaired) electrons. The van der Waals surface area contributed by atoms with E-state index in [1.54, 1.807) is 0 Å². The van der Waals surface area contributed by atoms with Gasteiger partial charge in [0.15, 0.2) is 5.78 Å². The Morgan fingerprint density at radius 2 is 1.65 bits per heavy atom. The molecule has 5 nitrogen and oxygen atoms in total. The average Bonchev–Trinajstić information content (AvgIpc) is 2.47. The van der Waals surface area contributed by atoms with Gasteiger partial charge in [-0.15, -0.1) is 0 Å². The van der Waals surface area contributed by atoms with Gasteiger partial charge in [-0.2, -0.15) is 0 Å². The van der Waals surface area contributed by atoms with E-state index in [4.69, 9.17) is 0 Å². The van der Waals surface area contributed by atoms with Gasteiger partial charge in [0.2, 0.25) is 5.78 Å². The molecular weight excluding hydrogens is 254 g/mol. The first-order valence-corrected chi connectivity index (χ1v) is 6.18. The summed E-state index contributed by atoms with van der Waals surface area (Å²) in [5.74, 6) is -0.549. The number of ketones is 2. The Bertz CT molecular complexity index is 733. The minimum Gasteiger partial charge on any atom is -0.292 e. The quantitative estimate of drug-likeness (QED) is 0.793. The summed E-state index contributed by atoms with van der Waals surface area (Å²) in [6.07, 6.45) is 2.78. The lowest BCUT2D eigenvalue weighted by Gasteiger charge is -2.13. The average molecular weight is 265 g/mol. The van der Waals surface area contributed by atoms with Crippen LogP contribution in [0.25, 0.3) is 0 Å². The third-order valence-electron chi connectivity index (χ3n) is 3.07. The molecular formula is C15H11N3O2. The van der Waals surface area contributed by atoms with E-state index in [9.17, 15) is 9.59 Å². The van der Waals surface area contributed by atoms with Gasteiger partial charge in [-0.05, 0) is 19.1 Å². The number of aromatic nitrogens is 2. The highest BCUT2D eigenvalue weighted by atomic mass is 16.1. The van der Waals surface area contributed by atoms with Gasteiger partial charge in [-0.3, -0.25) is 9.59 Å². The van der Waals surface area contributed by atoms with Crippen LogP contribution in [-0.4, -0.2) is 27.2 Å². The van der Waals surface area contributed by atoms with E-state index in [0.717, 1.165) is 5.56 Å². The van der Waals surface area contributed by atoms with Crippen LogP contribution in [0.5, 0.6) is 0 Å². The first kappa shape index (κ1) is 12.3.